The molecule has 6 nitrogen and oxygen atoms in total. The highest BCUT2D eigenvalue weighted by atomic mass is 32.1. The van der Waals surface area contributed by atoms with Gasteiger partial charge in [-0.2, -0.15) is 20.1 Å². The summed E-state index contributed by atoms with van der Waals surface area (Å²) in [6.45, 7) is 3.89. The Hall–Kier alpha value is -3.07. The summed E-state index contributed by atoms with van der Waals surface area (Å²) in [6, 6.07) is 14.4. The molecule has 1 unspecified atom stereocenters. The minimum atomic E-state index is -1.88. The van der Waals surface area contributed by atoms with E-state index in [2.05, 4.69) is 8.75 Å². The number of nitrogens with zero attached hydrogens (tertiary/aromatic N) is 2. The maximum Gasteiger partial charge on any atom is 0.342 e. The van der Waals surface area contributed by atoms with Gasteiger partial charge in [-0.1, -0.05) is 6.07 Å². The molecule has 1 aliphatic rings. The zero-order valence-electron chi connectivity index (χ0n) is 17.4. The lowest BCUT2D eigenvalue weighted by Crippen LogP contribution is -2.29. The molecule has 0 aliphatic carbocycles. The van der Waals surface area contributed by atoms with Gasteiger partial charge in [0, 0.05) is 17.6 Å². The van der Waals surface area contributed by atoms with E-state index >= 15 is 0 Å². The molecule has 2 aromatic carbocycles. The van der Waals surface area contributed by atoms with Crippen LogP contribution in [0.5, 0.6) is 5.75 Å². The second-order valence-electron chi connectivity index (χ2n) is 7.85. The Labute approximate surface area is 193 Å². The SMILES string of the molecule is CC(C)Oc1ccc(C2(O)OC(=O)C(c3ccc4nsnc4c3)=C2Cc2ccsc2)cc1. The normalized spacial score (nSPS) is 18.6. The number of carbonyl (C=O) groups is 1. The lowest BCUT2D eigenvalue weighted by molar-refractivity contribution is -0.185. The molecule has 0 amide bonds. The number of rotatable bonds is 6. The Morgan fingerprint density at radius 2 is 1.88 bits per heavy atom. The summed E-state index contributed by atoms with van der Waals surface area (Å²) in [4.78, 5) is 13.1. The maximum atomic E-state index is 13.1. The predicted octanol–water partition coefficient (Wildman–Crippen LogP) is 4.94. The van der Waals surface area contributed by atoms with E-state index in [0.717, 1.165) is 22.8 Å². The molecule has 8 heteroatoms. The molecule has 0 spiro atoms. The predicted molar refractivity (Wildman–Crippen MR) is 125 cm³/mol. The van der Waals surface area contributed by atoms with Crippen LogP contribution < -0.4 is 4.74 Å². The first-order chi connectivity index (χ1) is 15.4. The van der Waals surface area contributed by atoms with E-state index in [4.69, 9.17) is 9.47 Å². The molecular weight excluding hydrogens is 444 g/mol. The summed E-state index contributed by atoms with van der Waals surface area (Å²) in [5.41, 5.74) is 4.44. The molecular formula is C24H20N2O4S2. The number of hydrogen-bond acceptors (Lipinski definition) is 8. The highest BCUT2D eigenvalue weighted by Crippen LogP contribution is 2.45. The van der Waals surface area contributed by atoms with Gasteiger partial charge in [0.05, 0.1) is 23.4 Å². The Balaban J connectivity index is 1.63. The van der Waals surface area contributed by atoms with Gasteiger partial charge in [0.1, 0.15) is 16.8 Å². The topological polar surface area (TPSA) is 81.5 Å². The highest BCUT2D eigenvalue weighted by molar-refractivity contribution is 7.08. The van der Waals surface area contributed by atoms with E-state index in [1.54, 1.807) is 35.6 Å². The first-order valence-corrected chi connectivity index (χ1v) is 11.8. The van der Waals surface area contributed by atoms with Crippen molar-refractivity contribution >= 4 is 45.6 Å². The zero-order valence-corrected chi connectivity index (χ0v) is 19.1. The molecule has 0 fully saturated rings. The molecule has 5 rings (SSSR count). The van der Waals surface area contributed by atoms with Gasteiger partial charge in [-0.15, -0.1) is 0 Å². The fraction of sp³-hybridized carbons (Fsp3) is 0.208. The molecule has 1 N–H and O–H groups in total. The summed E-state index contributed by atoms with van der Waals surface area (Å²) in [6.07, 6.45) is 0.405. The van der Waals surface area contributed by atoms with Crippen molar-refractivity contribution in [2.75, 3.05) is 0 Å². The number of thiophene rings is 1. The summed E-state index contributed by atoms with van der Waals surface area (Å²) < 4.78 is 19.9. The quantitative estimate of drug-likeness (QED) is 0.407. The van der Waals surface area contributed by atoms with Crippen LogP contribution in [0.15, 0.2) is 64.9 Å². The van der Waals surface area contributed by atoms with E-state index in [-0.39, 0.29) is 6.10 Å². The minimum absolute atomic E-state index is 0.0315. The number of ether oxygens (including phenoxy) is 2. The van der Waals surface area contributed by atoms with Crippen molar-refractivity contribution in [2.45, 2.75) is 32.2 Å². The van der Waals surface area contributed by atoms with E-state index in [1.165, 1.54) is 0 Å². The number of aliphatic hydroxyl groups is 1. The van der Waals surface area contributed by atoms with Crippen molar-refractivity contribution in [3.63, 3.8) is 0 Å². The van der Waals surface area contributed by atoms with Gasteiger partial charge in [-0.05, 0) is 78.2 Å². The molecule has 0 bridgehead atoms. The molecule has 2 aromatic heterocycles. The van der Waals surface area contributed by atoms with Crippen LogP contribution in [0.3, 0.4) is 0 Å². The van der Waals surface area contributed by atoms with Crippen LogP contribution in [0.1, 0.15) is 30.5 Å². The Morgan fingerprint density at radius 3 is 2.59 bits per heavy atom. The van der Waals surface area contributed by atoms with Crippen LogP contribution in [0.4, 0.5) is 0 Å². The van der Waals surface area contributed by atoms with Gasteiger partial charge < -0.3 is 14.6 Å². The highest BCUT2D eigenvalue weighted by Gasteiger charge is 2.48. The van der Waals surface area contributed by atoms with Crippen LogP contribution in [0.25, 0.3) is 16.6 Å². The van der Waals surface area contributed by atoms with Crippen LogP contribution in [0, 0.1) is 0 Å². The van der Waals surface area contributed by atoms with E-state index in [9.17, 15) is 9.90 Å². The van der Waals surface area contributed by atoms with Gasteiger partial charge in [-0.3, -0.25) is 0 Å². The second-order valence-corrected chi connectivity index (χ2v) is 9.16. The van der Waals surface area contributed by atoms with E-state index in [1.807, 2.05) is 48.9 Å². The zero-order chi connectivity index (χ0) is 22.3. The molecule has 0 saturated carbocycles. The van der Waals surface area contributed by atoms with Gasteiger partial charge in [0.25, 0.3) is 5.79 Å². The standard InChI is InChI=1S/C24H20N2O4S2/c1-14(2)29-18-6-4-17(5-7-18)24(28)19(11-15-9-10-31-13-15)22(23(27)30-24)16-3-8-20-21(12-16)26-32-25-20/h3-10,12-14,28H,11H2,1-2H3. The Bertz CT molecular complexity index is 1310. The fourth-order valence-electron chi connectivity index (χ4n) is 3.84. The van der Waals surface area contributed by atoms with Crippen molar-refractivity contribution in [3.8, 4) is 5.75 Å². The summed E-state index contributed by atoms with van der Waals surface area (Å²) in [5, 5.41) is 15.7. The third-order valence-electron chi connectivity index (χ3n) is 5.28. The number of aromatic nitrogens is 2. The van der Waals surface area contributed by atoms with Crippen molar-refractivity contribution in [1.82, 2.24) is 8.75 Å². The van der Waals surface area contributed by atoms with Crippen molar-refractivity contribution in [3.05, 3.63) is 81.6 Å². The summed E-state index contributed by atoms with van der Waals surface area (Å²) in [5.74, 6) is -1.76. The third-order valence-corrected chi connectivity index (χ3v) is 6.56. The van der Waals surface area contributed by atoms with Crippen molar-refractivity contribution in [2.24, 2.45) is 0 Å². The van der Waals surface area contributed by atoms with Crippen LogP contribution in [0.2, 0.25) is 0 Å². The fourth-order valence-corrected chi connectivity index (χ4v) is 5.03. The smallest absolute Gasteiger partial charge is 0.342 e. The van der Waals surface area contributed by atoms with Crippen LogP contribution in [-0.2, 0) is 21.7 Å². The van der Waals surface area contributed by atoms with Gasteiger partial charge in [-0.25, -0.2) is 4.79 Å². The molecule has 162 valence electrons. The van der Waals surface area contributed by atoms with Gasteiger partial charge in [0.15, 0.2) is 0 Å². The molecule has 0 saturated heterocycles. The number of esters is 1. The van der Waals surface area contributed by atoms with Crippen molar-refractivity contribution in [1.29, 1.82) is 0 Å². The largest absolute Gasteiger partial charge is 0.491 e. The van der Waals surface area contributed by atoms with Crippen molar-refractivity contribution < 1.29 is 19.4 Å². The number of fused-ring (bicyclic) bond motifs is 1. The van der Waals surface area contributed by atoms with Crippen LogP contribution >= 0.6 is 23.1 Å². The van der Waals surface area contributed by atoms with E-state index < -0.39 is 11.8 Å². The molecule has 1 aliphatic heterocycles. The Morgan fingerprint density at radius 1 is 1.09 bits per heavy atom. The van der Waals surface area contributed by atoms with Crippen LogP contribution in [-0.4, -0.2) is 25.9 Å². The van der Waals surface area contributed by atoms with Gasteiger partial charge >= 0.3 is 5.97 Å². The molecule has 1 atom stereocenters. The monoisotopic (exact) mass is 464 g/mol. The Kier molecular flexibility index (Phi) is 5.28. The average molecular weight is 465 g/mol. The molecule has 0 radical (unpaired) electrons. The minimum Gasteiger partial charge on any atom is -0.491 e. The number of cyclic esters (lactones) is 1. The lowest BCUT2D eigenvalue weighted by Gasteiger charge is -2.26. The average Bonchev–Trinajstić information content (AvgIpc) is 3.49. The lowest BCUT2D eigenvalue weighted by atomic mass is 9.88. The first-order valence-electron chi connectivity index (χ1n) is 10.1. The van der Waals surface area contributed by atoms with Gasteiger partial charge in [0.2, 0.25) is 0 Å². The molecule has 3 heterocycles. The maximum absolute atomic E-state index is 13.1. The summed E-state index contributed by atoms with van der Waals surface area (Å²) >= 11 is 2.68. The number of benzene rings is 2. The third kappa shape index (κ3) is 3.70. The summed E-state index contributed by atoms with van der Waals surface area (Å²) in [7, 11) is 0. The van der Waals surface area contributed by atoms with E-state index in [0.29, 0.717) is 40.0 Å². The molecule has 32 heavy (non-hydrogen) atoms. The first kappa shape index (κ1) is 20.8. The molecule has 4 aromatic rings. The second kappa shape index (κ2) is 8.12. The number of hydrogen-bond donors (Lipinski definition) is 1. The number of carbonyl (C=O) groups excluding carboxylic acids is 1.